The number of rotatable bonds is 4. The zero-order chi connectivity index (χ0) is 13.0. The lowest BCUT2D eigenvalue weighted by Gasteiger charge is -2.22. The number of carbonyl (C=O) groups is 1. The monoisotopic (exact) mass is 298 g/mol. The van der Waals surface area contributed by atoms with Crippen LogP contribution in [0.15, 0.2) is 28.7 Å². The maximum absolute atomic E-state index is 11.7. The highest BCUT2D eigenvalue weighted by Gasteiger charge is 2.17. The van der Waals surface area contributed by atoms with Gasteiger partial charge in [0.15, 0.2) is 0 Å². The van der Waals surface area contributed by atoms with Gasteiger partial charge in [0.2, 0.25) is 5.91 Å². The first-order chi connectivity index (χ1) is 7.91. The van der Waals surface area contributed by atoms with Crippen LogP contribution in [-0.2, 0) is 4.79 Å². The molecule has 1 aromatic rings. The van der Waals surface area contributed by atoms with Crippen LogP contribution >= 0.6 is 15.9 Å². The number of amides is 1. The summed E-state index contributed by atoms with van der Waals surface area (Å²) < 4.78 is 1.06. The molecule has 0 saturated heterocycles. The molecule has 0 spiro atoms. The summed E-state index contributed by atoms with van der Waals surface area (Å²) in [6.45, 7) is 3.94. The van der Waals surface area contributed by atoms with E-state index in [9.17, 15) is 4.79 Å². The van der Waals surface area contributed by atoms with Gasteiger partial charge in [0.05, 0.1) is 6.04 Å². The summed E-state index contributed by atoms with van der Waals surface area (Å²) in [5, 5.41) is 3.29. The van der Waals surface area contributed by atoms with Crippen molar-refractivity contribution in [3.8, 4) is 0 Å². The fourth-order valence-corrected chi connectivity index (χ4v) is 1.95. The van der Waals surface area contributed by atoms with E-state index in [0.29, 0.717) is 0 Å². The Morgan fingerprint density at radius 3 is 2.24 bits per heavy atom. The van der Waals surface area contributed by atoms with E-state index in [1.54, 1.807) is 19.0 Å². The average molecular weight is 299 g/mol. The summed E-state index contributed by atoms with van der Waals surface area (Å²) in [5.41, 5.74) is 1.17. The molecule has 1 N–H and O–H groups in total. The van der Waals surface area contributed by atoms with Crippen molar-refractivity contribution in [2.75, 3.05) is 14.1 Å². The Bertz CT molecular complexity index is 376. The minimum absolute atomic E-state index is 0.0916. The van der Waals surface area contributed by atoms with Gasteiger partial charge in [0.1, 0.15) is 0 Å². The minimum atomic E-state index is -0.177. The molecule has 0 saturated carbocycles. The van der Waals surface area contributed by atoms with E-state index >= 15 is 0 Å². The third-order valence-corrected chi connectivity index (χ3v) is 3.21. The first-order valence-corrected chi connectivity index (χ1v) is 6.43. The fourth-order valence-electron chi connectivity index (χ4n) is 1.68. The van der Waals surface area contributed by atoms with E-state index in [2.05, 4.69) is 40.3 Å². The van der Waals surface area contributed by atoms with Crippen molar-refractivity contribution in [2.24, 2.45) is 0 Å². The Kier molecular flexibility index (Phi) is 5.15. The van der Waals surface area contributed by atoms with Crippen molar-refractivity contribution >= 4 is 21.8 Å². The second-order valence-electron chi connectivity index (χ2n) is 4.39. The highest BCUT2D eigenvalue weighted by Crippen LogP contribution is 2.17. The number of halogens is 1. The summed E-state index contributed by atoms with van der Waals surface area (Å²) in [7, 11) is 3.54. The first-order valence-electron chi connectivity index (χ1n) is 5.64. The molecule has 0 heterocycles. The lowest BCUT2D eigenvalue weighted by atomic mass is 10.1. The van der Waals surface area contributed by atoms with Crippen LogP contribution in [0.25, 0.3) is 0 Å². The maximum atomic E-state index is 11.7. The Balaban J connectivity index is 2.63. The molecular weight excluding hydrogens is 280 g/mol. The molecule has 2 atom stereocenters. The van der Waals surface area contributed by atoms with Gasteiger partial charge >= 0.3 is 0 Å². The summed E-state index contributed by atoms with van der Waals surface area (Å²) in [5.74, 6) is 0.0916. The summed E-state index contributed by atoms with van der Waals surface area (Å²) >= 11 is 3.41. The summed E-state index contributed by atoms with van der Waals surface area (Å²) in [6, 6.07) is 8.09. The van der Waals surface area contributed by atoms with Crippen molar-refractivity contribution in [2.45, 2.75) is 25.9 Å². The van der Waals surface area contributed by atoms with Crippen molar-refractivity contribution in [3.63, 3.8) is 0 Å². The van der Waals surface area contributed by atoms with Gasteiger partial charge in [-0.2, -0.15) is 0 Å². The number of nitrogens with one attached hydrogen (secondary N) is 1. The molecule has 0 aliphatic heterocycles. The highest BCUT2D eigenvalue weighted by atomic mass is 79.9. The van der Waals surface area contributed by atoms with Gasteiger partial charge in [-0.25, -0.2) is 0 Å². The molecule has 0 aliphatic carbocycles. The standard InChI is InChI=1S/C13H19BrN2O/c1-9(11-5-7-12(14)8-6-11)15-10(2)13(17)16(3)4/h5-10,15H,1-4H3. The summed E-state index contributed by atoms with van der Waals surface area (Å²) in [4.78, 5) is 13.3. The SMILES string of the molecule is CC(NC(C)c1ccc(Br)cc1)C(=O)N(C)C. The van der Waals surface area contributed by atoms with Crippen LogP contribution in [0.1, 0.15) is 25.5 Å². The zero-order valence-corrected chi connectivity index (χ0v) is 12.3. The lowest BCUT2D eigenvalue weighted by molar-refractivity contribution is -0.130. The predicted octanol–water partition coefficient (Wildman–Crippen LogP) is 2.58. The van der Waals surface area contributed by atoms with Crippen molar-refractivity contribution in [3.05, 3.63) is 34.3 Å². The normalized spacial score (nSPS) is 14.2. The Hall–Kier alpha value is -0.870. The van der Waals surface area contributed by atoms with Gasteiger partial charge in [0, 0.05) is 24.6 Å². The number of likely N-dealkylation sites (N-methyl/N-ethyl adjacent to an activating group) is 1. The number of nitrogens with zero attached hydrogens (tertiary/aromatic N) is 1. The summed E-state index contributed by atoms with van der Waals surface area (Å²) in [6.07, 6.45) is 0. The Morgan fingerprint density at radius 1 is 1.24 bits per heavy atom. The largest absolute Gasteiger partial charge is 0.347 e. The van der Waals surface area contributed by atoms with E-state index in [0.717, 1.165) is 4.47 Å². The Labute approximate surface area is 111 Å². The molecule has 4 heteroatoms. The van der Waals surface area contributed by atoms with Crippen molar-refractivity contribution in [1.29, 1.82) is 0 Å². The molecule has 94 valence electrons. The molecule has 1 aromatic carbocycles. The van der Waals surface area contributed by atoms with Gasteiger partial charge in [-0.15, -0.1) is 0 Å². The van der Waals surface area contributed by atoms with Crippen LogP contribution in [0, 0.1) is 0 Å². The molecule has 1 amide bonds. The maximum Gasteiger partial charge on any atom is 0.238 e. The molecule has 0 aliphatic rings. The molecule has 2 unspecified atom stereocenters. The molecule has 17 heavy (non-hydrogen) atoms. The molecule has 0 fully saturated rings. The van der Waals surface area contributed by atoms with E-state index in [1.165, 1.54) is 5.56 Å². The fraction of sp³-hybridized carbons (Fsp3) is 0.462. The van der Waals surface area contributed by atoms with Gasteiger partial charge < -0.3 is 4.90 Å². The number of carbonyl (C=O) groups excluding carboxylic acids is 1. The molecule has 1 rings (SSSR count). The van der Waals surface area contributed by atoms with Crippen LogP contribution in [0.3, 0.4) is 0 Å². The molecular formula is C13H19BrN2O. The first kappa shape index (κ1) is 14.2. The van der Waals surface area contributed by atoms with E-state index in [4.69, 9.17) is 0 Å². The van der Waals surface area contributed by atoms with Crippen LogP contribution < -0.4 is 5.32 Å². The van der Waals surface area contributed by atoms with Gasteiger partial charge in [-0.1, -0.05) is 28.1 Å². The number of hydrogen-bond acceptors (Lipinski definition) is 2. The second kappa shape index (κ2) is 6.17. The van der Waals surface area contributed by atoms with Gasteiger partial charge in [0.25, 0.3) is 0 Å². The average Bonchev–Trinajstić information content (AvgIpc) is 2.28. The number of benzene rings is 1. The van der Waals surface area contributed by atoms with Crippen LogP contribution in [0.2, 0.25) is 0 Å². The topological polar surface area (TPSA) is 32.3 Å². The molecule has 0 bridgehead atoms. The number of hydrogen-bond donors (Lipinski definition) is 1. The smallest absolute Gasteiger partial charge is 0.238 e. The predicted molar refractivity (Wildman–Crippen MR) is 73.8 cm³/mol. The Morgan fingerprint density at radius 2 is 1.76 bits per heavy atom. The van der Waals surface area contributed by atoms with Crippen LogP contribution in [0.4, 0.5) is 0 Å². The van der Waals surface area contributed by atoms with Crippen molar-refractivity contribution < 1.29 is 4.79 Å². The third kappa shape index (κ3) is 4.13. The highest BCUT2D eigenvalue weighted by molar-refractivity contribution is 9.10. The molecule has 3 nitrogen and oxygen atoms in total. The lowest BCUT2D eigenvalue weighted by Crippen LogP contribution is -2.42. The van der Waals surface area contributed by atoms with Gasteiger partial charge in [-0.3, -0.25) is 10.1 Å². The van der Waals surface area contributed by atoms with E-state index < -0.39 is 0 Å². The van der Waals surface area contributed by atoms with Crippen LogP contribution in [0.5, 0.6) is 0 Å². The zero-order valence-electron chi connectivity index (χ0n) is 10.7. The van der Waals surface area contributed by atoms with Crippen LogP contribution in [-0.4, -0.2) is 30.9 Å². The molecule has 0 aromatic heterocycles. The second-order valence-corrected chi connectivity index (χ2v) is 5.31. The van der Waals surface area contributed by atoms with E-state index in [-0.39, 0.29) is 18.0 Å². The quantitative estimate of drug-likeness (QED) is 0.927. The third-order valence-electron chi connectivity index (χ3n) is 2.68. The van der Waals surface area contributed by atoms with E-state index in [1.807, 2.05) is 19.1 Å². The van der Waals surface area contributed by atoms with Crippen molar-refractivity contribution in [1.82, 2.24) is 10.2 Å². The minimum Gasteiger partial charge on any atom is -0.347 e. The van der Waals surface area contributed by atoms with Gasteiger partial charge in [-0.05, 0) is 31.5 Å². The molecule has 0 radical (unpaired) electrons.